The van der Waals surface area contributed by atoms with Gasteiger partial charge in [-0.25, -0.2) is 8.42 Å². The normalized spacial score (nSPS) is 48.8. The maximum atomic E-state index is 12.0. The van der Waals surface area contributed by atoms with Crippen molar-refractivity contribution in [1.82, 2.24) is 0 Å². The van der Waals surface area contributed by atoms with Crippen LogP contribution in [0.2, 0.25) is 0 Å². The molecule has 0 radical (unpaired) electrons. The molecule has 0 aliphatic carbocycles. The average molecular weight is 332 g/mol. The van der Waals surface area contributed by atoms with Crippen molar-refractivity contribution in [2.45, 2.75) is 45.8 Å². The third kappa shape index (κ3) is 1.61. The summed E-state index contributed by atoms with van der Waals surface area (Å²) in [5.41, 5.74) is 0. The SMILES string of the molecule is O=S1(=O)[C@@H]2CC[C@H](Br)[C@H]1CC[C@@H]2Br. The van der Waals surface area contributed by atoms with Crippen molar-refractivity contribution in [2.24, 2.45) is 0 Å². The summed E-state index contributed by atoms with van der Waals surface area (Å²) in [6, 6.07) is 0. The fraction of sp³-hybridized carbons (Fsp3) is 1.00. The highest BCUT2D eigenvalue weighted by Gasteiger charge is 2.48. The Bertz CT molecular complexity index is 277. The molecule has 2 fully saturated rings. The molecule has 2 saturated heterocycles. The standard InChI is InChI=1S/C8H12Br2O2S/c9-5-1-3-7-6(10)2-4-8(5)13(7,11)12/h5-8H,1-4H2/t5-,6-,7+,8+/m0/s1. The van der Waals surface area contributed by atoms with Crippen LogP contribution in [0.1, 0.15) is 25.7 Å². The monoisotopic (exact) mass is 330 g/mol. The molecule has 0 aromatic heterocycles. The second-order valence-corrected chi connectivity index (χ2v) is 8.59. The van der Waals surface area contributed by atoms with Crippen molar-refractivity contribution < 1.29 is 8.42 Å². The molecule has 13 heavy (non-hydrogen) atoms. The lowest BCUT2D eigenvalue weighted by molar-refractivity contribution is 0.451. The van der Waals surface area contributed by atoms with Crippen LogP contribution in [0.4, 0.5) is 0 Å². The maximum absolute atomic E-state index is 12.0. The molecule has 5 heteroatoms. The molecule has 2 aliphatic rings. The van der Waals surface area contributed by atoms with E-state index in [4.69, 9.17) is 0 Å². The first kappa shape index (κ1) is 10.4. The molecule has 0 amide bonds. The molecule has 2 heterocycles. The summed E-state index contributed by atoms with van der Waals surface area (Å²) in [6.45, 7) is 0. The van der Waals surface area contributed by atoms with Gasteiger partial charge >= 0.3 is 0 Å². The van der Waals surface area contributed by atoms with Gasteiger partial charge in [-0.05, 0) is 25.7 Å². The highest BCUT2D eigenvalue weighted by Crippen LogP contribution is 2.42. The molecule has 0 saturated carbocycles. The molecule has 0 N–H and O–H groups in total. The third-order valence-electron chi connectivity index (χ3n) is 3.10. The minimum absolute atomic E-state index is 0.125. The molecule has 0 spiro atoms. The van der Waals surface area contributed by atoms with E-state index in [0.29, 0.717) is 0 Å². The third-order valence-corrected chi connectivity index (χ3v) is 8.81. The van der Waals surface area contributed by atoms with Crippen LogP contribution in [-0.4, -0.2) is 28.6 Å². The number of alkyl halides is 2. The summed E-state index contributed by atoms with van der Waals surface area (Å²) in [4.78, 5) is 0.377. The van der Waals surface area contributed by atoms with E-state index in [1.807, 2.05) is 0 Å². The van der Waals surface area contributed by atoms with E-state index in [9.17, 15) is 8.42 Å². The molecule has 4 atom stereocenters. The summed E-state index contributed by atoms with van der Waals surface area (Å²) in [5.74, 6) is 0. The van der Waals surface area contributed by atoms with E-state index in [0.717, 1.165) is 25.7 Å². The Morgan fingerprint density at radius 3 is 1.62 bits per heavy atom. The maximum Gasteiger partial charge on any atom is 0.158 e. The van der Waals surface area contributed by atoms with Crippen LogP contribution in [0.25, 0.3) is 0 Å². The van der Waals surface area contributed by atoms with Crippen LogP contribution in [0, 0.1) is 0 Å². The molecule has 2 nitrogen and oxygen atoms in total. The van der Waals surface area contributed by atoms with Gasteiger partial charge in [-0.1, -0.05) is 31.9 Å². The minimum Gasteiger partial charge on any atom is -0.228 e. The van der Waals surface area contributed by atoms with Crippen molar-refractivity contribution in [1.29, 1.82) is 0 Å². The van der Waals surface area contributed by atoms with Gasteiger partial charge in [-0.15, -0.1) is 0 Å². The van der Waals surface area contributed by atoms with E-state index in [2.05, 4.69) is 31.9 Å². The second-order valence-electron chi connectivity index (χ2n) is 3.85. The molecular formula is C8H12Br2O2S. The molecule has 2 bridgehead atoms. The Kier molecular flexibility index (Phi) is 2.80. The first-order valence-corrected chi connectivity index (χ1v) is 7.98. The zero-order valence-electron chi connectivity index (χ0n) is 7.12. The number of rotatable bonds is 0. The van der Waals surface area contributed by atoms with Gasteiger partial charge in [0.25, 0.3) is 0 Å². The highest BCUT2D eigenvalue weighted by molar-refractivity contribution is 9.10. The van der Waals surface area contributed by atoms with E-state index in [1.165, 1.54) is 0 Å². The zero-order chi connectivity index (χ0) is 9.64. The molecular weight excluding hydrogens is 320 g/mol. The van der Waals surface area contributed by atoms with Gasteiger partial charge in [-0.2, -0.15) is 0 Å². The largest absolute Gasteiger partial charge is 0.228 e. The van der Waals surface area contributed by atoms with Crippen molar-refractivity contribution in [3.8, 4) is 0 Å². The lowest BCUT2D eigenvalue weighted by Gasteiger charge is -2.40. The lowest BCUT2D eigenvalue weighted by Crippen LogP contribution is -2.50. The Morgan fingerprint density at radius 2 is 1.23 bits per heavy atom. The Labute approximate surface area is 95.6 Å². The topological polar surface area (TPSA) is 34.1 Å². The fourth-order valence-electron chi connectivity index (χ4n) is 2.35. The Balaban J connectivity index is 2.36. The summed E-state index contributed by atoms with van der Waals surface area (Å²) in [6.07, 6.45) is 3.61. The van der Waals surface area contributed by atoms with Gasteiger partial charge in [0.2, 0.25) is 0 Å². The molecule has 2 aliphatic heterocycles. The second kappa shape index (κ2) is 3.49. The lowest BCUT2D eigenvalue weighted by atomic mass is 9.99. The van der Waals surface area contributed by atoms with Gasteiger partial charge in [-0.3, -0.25) is 0 Å². The van der Waals surface area contributed by atoms with Crippen molar-refractivity contribution >= 4 is 41.7 Å². The average Bonchev–Trinajstić information content (AvgIpc) is 1.99. The van der Waals surface area contributed by atoms with E-state index in [1.54, 1.807) is 0 Å². The highest BCUT2D eigenvalue weighted by atomic mass is 79.9. The van der Waals surface area contributed by atoms with Crippen molar-refractivity contribution in [3.63, 3.8) is 0 Å². The zero-order valence-corrected chi connectivity index (χ0v) is 11.1. The minimum atomic E-state index is -2.86. The molecule has 0 aromatic carbocycles. The fourth-order valence-corrected chi connectivity index (χ4v) is 7.68. The number of hydrogen-bond acceptors (Lipinski definition) is 2. The summed E-state index contributed by atoms with van der Waals surface area (Å²) in [5, 5.41) is -0.250. The van der Waals surface area contributed by atoms with Crippen LogP contribution < -0.4 is 0 Å². The Hall–Kier alpha value is 0.910. The predicted octanol–water partition coefficient (Wildman–Crippen LogP) is 2.25. The van der Waals surface area contributed by atoms with E-state index < -0.39 is 9.84 Å². The van der Waals surface area contributed by atoms with Crippen LogP contribution in [-0.2, 0) is 9.84 Å². The van der Waals surface area contributed by atoms with Crippen molar-refractivity contribution in [3.05, 3.63) is 0 Å². The molecule has 0 unspecified atom stereocenters. The van der Waals surface area contributed by atoms with Crippen LogP contribution in [0.3, 0.4) is 0 Å². The quantitative estimate of drug-likeness (QED) is 0.638. The van der Waals surface area contributed by atoms with E-state index >= 15 is 0 Å². The number of hydrogen-bond donors (Lipinski definition) is 0. The van der Waals surface area contributed by atoms with Crippen LogP contribution in [0.5, 0.6) is 0 Å². The summed E-state index contributed by atoms with van der Waals surface area (Å²) >= 11 is 6.95. The van der Waals surface area contributed by atoms with Crippen LogP contribution >= 0.6 is 31.9 Å². The van der Waals surface area contributed by atoms with Gasteiger partial charge < -0.3 is 0 Å². The number of halogens is 2. The predicted molar refractivity (Wildman–Crippen MR) is 60.4 cm³/mol. The summed E-state index contributed by atoms with van der Waals surface area (Å²) in [7, 11) is -2.86. The van der Waals surface area contributed by atoms with Crippen LogP contribution in [0.15, 0.2) is 0 Å². The number of fused-ring (bicyclic) bond motifs is 2. The molecule has 2 rings (SSSR count). The van der Waals surface area contributed by atoms with Crippen molar-refractivity contribution in [2.75, 3.05) is 0 Å². The van der Waals surface area contributed by atoms with Gasteiger partial charge in [0.15, 0.2) is 9.84 Å². The molecule has 0 aromatic rings. The number of sulfone groups is 1. The Morgan fingerprint density at radius 1 is 0.846 bits per heavy atom. The summed E-state index contributed by atoms with van der Waals surface area (Å²) < 4.78 is 23.9. The first-order chi connectivity index (χ1) is 6.03. The first-order valence-electron chi connectivity index (χ1n) is 4.54. The van der Waals surface area contributed by atoms with E-state index in [-0.39, 0.29) is 20.2 Å². The molecule has 76 valence electrons. The smallest absolute Gasteiger partial charge is 0.158 e. The van der Waals surface area contributed by atoms with Gasteiger partial charge in [0.05, 0.1) is 10.5 Å². The van der Waals surface area contributed by atoms with Gasteiger partial charge in [0.1, 0.15) is 0 Å². The van der Waals surface area contributed by atoms with Gasteiger partial charge in [0, 0.05) is 9.65 Å².